The van der Waals surface area contributed by atoms with E-state index in [9.17, 15) is 9.18 Å². The highest BCUT2D eigenvalue weighted by molar-refractivity contribution is 9.10. The summed E-state index contributed by atoms with van der Waals surface area (Å²) in [5, 5.41) is 14.5. The number of hydrogen-bond donors (Lipinski definition) is 2. The lowest BCUT2D eigenvalue weighted by atomic mass is 10.3. The summed E-state index contributed by atoms with van der Waals surface area (Å²) in [6, 6.07) is 13.5. The number of amides is 1. The summed E-state index contributed by atoms with van der Waals surface area (Å²) in [6.07, 6.45) is 0. The lowest BCUT2D eigenvalue weighted by Gasteiger charge is -2.03. The number of thioether (sulfide) groups is 1. The Balaban J connectivity index is 1.52. The minimum atomic E-state index is -0.391. The minimum Gasteiger partial charge on any atom is -0.330 e. The fraction of sp³-hybridized carbons (Fsp3) is 0.0625. The second-order valence-electron chi connectivity index (χ2n) is 4.86. The quantitative estimate of drug-likeness (QED) is 0.534. The molecule has 1 amide bonds. The average molecular weight is 439 g/mol. The van der Waals surface area contributed by atoms with E-state index in [0.717, 1.165) is 10.2 Å². The summed E-state index contributed by atoms with van der Waals surface area (Å²) < 4.78 is 14.7. The molecule has 3 rings (SSSR count). The molecule has 0 spiro atoms. The highest BCUT2D eigenvalue weighted by atomic mass is 79.9. The van der Waals surface area contributed by atoms with Crippen molar-refractivity contribution in [3.05, 3.63) is 58.8 Å². The van der Waals surface area contributed by atoms with Gasteiger partial charge in [0, 0.05) is 15.8 Å². The number of nitrogens with zero attached hydrogens (tertiary/aromatic N) is 2. The van der Waals surface area contributed by atoms with Crippen molar-refractivity contribution >= 4 is 61.4 Å². The molecule has 2 aromatic carbocycles. The molecule has 0 saturated heterocycles. The lowest BCUT2D eigenvalue weighted by Crippen LogP contribution is -2.13. The number of halogens is 2. The zero-order chi connectivity index (χ0) is 17.6. The number of hydrogen-bond acceptors (Lipinski definition) is 6. The topological polar surface area (TPSA) is 66.9 Å². The molecule has 25 heavy (non-hydrogen) atoms. The second kappa shape index (κ2) is 8.41. The van der Waals surface area contributed by atoms with Gasteiger partial charge in [-0.1, -0.05) is 51.2 Å². The molecule has 0 aliphatic rings. The second-order valence-corrected chi connectivity index (χ2v) is 7.97. The fourth-order valence-corrected chi connectivity index (χ4v) is 3.87. The summed E-state index contributed by atoms with van der Waals surface area (Å²) in [7, 11) is 0. The number of carbonyl (C=O) groups excluding carboxylic acids is 1. The van der Waals surface area contributed by atoms with Gasteiger partial charge < -0.3 is 10.6 Å². The van der Waals surface area contributed by atoms with E-state index in [1.54, 1.807) is 12.1 Å². The maximum Gasteiger partial charge on any atom is 0.234 e. The molecule has 0 unspecified atom stereocenters. The first-order valence-electron chi connectivity index (χ1n) is 7.13. The van der Waals surface area contributed by atoms with Gasteiger partial charge in [-0.3, -0.25) is 4.79 Å². The first-order valence-corrected chi connectivity index (χ1v) is 9.72. The summed E-state index contributed by atoms with van der Waals surface area (Å²) in [5.74, 6) is -0.452. The largest absolute Gasteiger partial charge is 0.330 e. The van der Waals surface area contributed by atoms with Gasteiger partial charge >= 0.3 is 0 Å². The number of benzene rings is 2. The number of anilines is 3. The Morgan fingerprint density at radius 1 is 1.16 bits per heavy atom. The minimum absolute atomic E-state index is 0.169. The van der Waals surface area contributed by atoms with Gasteiger partial charge in [-0.25, -0.2) is 4.39 Å². The molecule has 9 heteroatoms. The molecule has 0 saturated carbocycles. The molecule has 0 fully saturated rings. The zero-order valence-electron chi connectivity index (χ0n) is 12.7. The summed E-state index contributed by atoms with van der Waals surface area (Å²) in [6.45, 7) is 0. The third kappa shape index (κ3) is 5.52. The van der Waals surface area contributed by atoms with E-state index in [4.69, 9.17) is 0 Å². The Kier molecular flexibility index (Phi) is 6.00. The van der Waals surface area contributed by atoms with E-state index in [1.807, 2.05) is 24.3 Å². The summed E-state index contributed by atoms with van der Waals surface area (Å²) in [5.41, 5.74) is 1.32. The zero-order valence-corrected chi connectivity index (χ0v) is 15.9. The van der Waals surface area contributed by atoms with Crippen molar-refractivity contribution in [2.75, 3.05) is 16.4 Å². The molecule has 3 aromatic rings. The lowest BCUT2D eigenvalue weighted by molar-refractivity contribution is -0.113. The van der Waals surface area contributed by atoms with Crippen LogP contribution in [-0.4, -0.2) is 21.9 Å². The van der Waals surface area contributed by atoms with E-state index >= 15 is 0 Å². The summed E-state index contributed by atoms with van der Waals surface area (Å²) >= 11 is 6.04. The van der Waals surface area contributed by atoms with Gasteiger partial charge in [0.2, 0.25) is 11.0 Å². The first-order chi connectivity index (χ1) is 12.1. The third-order valence-electron chi connectivity index (χ3n) is 2.92. The molecular formula is C16H12BrFN4OS2. The van der Waals surface area contributed by atoms with Crippen LogP contribution >= 0.6 is 39.0 Å². The van der Waals surface area contributed by atoms with Gasteiger partial charge in [-0.15, -0.1) is 10.2 Å². The molecule has 128 valence electrons. The Labute approximate surface area is 160 Å². The first kappa shape index (κ1) is 17.8. The predicted octanol–water partition coefficient (Wildman–Crippen LogP) is 4.91. The van der Waals surface area contributed by atoms with Crippen molar-refractivity contribution in [3.63, 3.8) is 0 Å². The normalized spacial score (nSPS) is 10.5. The molecule has 0 bridgehead atoms. The Morgan fingerprint density at radius 2 is 1.96 bits per heavy atom. The number of carbonyl (C=O) groups is 1. The van der Waals surface area contributed by atoms with Crippen molar-refractivity contribution in [1.29, 1.82) is 0 Å². The highest BCUT2D eigenvalue weighted by Crippen LogP contribution is 2.28. The van der Waals surface area contributed by atoms with Crippen LogP contribution in [0.25, 0.3) is 0 Å². The van der Waals surface area contributed by atoms with Crippen molar-refractivity contribution < 1.29 is 9.18 Å². The van der Waals surface area contributed by atoms with Crippen molar-refractivity contribution in [2.24, 2.45) is 0 Å². The van der Waals surface area contributed by atoms with Crippen LogP contribution in [0.4, 0.5) is 20.9 Å². The standard InChI is InChI=1S/C16H12BrFN4OS2/c17-10-3-1-5-12(7-10)20-15-21-22-16(25-15)24-9-14(23)19-13-6-2-4-11(18)8-13/h1-8H,9H2,(H,19,23)(H,20,21). The fourth-order valence-electron chi connectivity index (χ4n) is 1.90. The molecule has 2 N–H and O–H groups in total. The van der Waals surface area contributed by atoms with Crippen molar-refractivity contribution in [2.45, 2.75) is 4.34 Å². The van der Waals surface area contributed by atoms with Crippen LogP contribution in [0.2, 0.25) is 0 Å². The van der Waals surface area contributed by atoms with Crippen LogP contribution in [0.5, 0.6) is 0 Å². The number of nitrogens with one attached hydrogen (secondary N) is 2. The maximum absolute atomic E-state index is 13.1. The number of rotatable bonds is 6. The number of aromatic nitrogens is 2. The van der Waals surface area contributed by atoms with E-state index in [1.165, 1.54) is 35.2 Å². The Hall–Kier alpha value is -1.97. The monoisotopic (exact) mass is 438 g/mol. The summed E-state index contributed by atoms with van der Waals surface area (Å²) in [4.78, 5) is 11.9. The highest BCUT2D eigenvalue weighted by Gasteiger charge is 2.09. The molecule has 5 nitrogen and oxygen atoms in total. The van der Waals surface area contributed by atoms with Crippen molar-refractivity contribution in [1.82, 2.24) is 10.2 Å². The van der Waals surface area contributed by atoms with Crippen LogP contribution in [-0.2, 0) is 4.79 Å². The van der Waals surface area contributed by atoms with Gasteiger partial charge in [0.15, 0.2) is 4.34 Å². The van der Waals surface area contributed by atoms with Gasteiger partial charge in [0.05, 0.1) is 5.75 Å². The van der Waals surface area contributed by atoms with Crippen LogP contribution in [0.15, 0.2) is 57.3 Å². The van der Waals surface area contributed by atoms with Crippen LogP contribution in [0.1, 0.15) is 0 Å². The van der Waals surface area contributed by atoms with Gasteiger partial charge in [-0.05, 0) is 36.4 Å². The van der Waals surface area contributed by atoms with Gasteiger partial charge in [0.1, 0.15) is 5.82 Å². The van der Waals surface area contributed by atoms with Crippen molar-refractivity contribution in [3.8, 4) is 0 Å². The van der Waals surface area contributed by atoms with Crippen LogP contribution < -0.4 is 10.6 Å². The van der Waals surface area contributed by atoms with Crippen LogP contribution in [0, 0.1) is 5.82 Å². The van der Waals surface area contributed by atoms with E-state index in [0.29, 0.717) is 15.2 Å². The molecule has 0 aliphatic heterocycles. The maximum atomic E-state index is 13.1. The Morgan fingerprint density at radius 3 is 2.76 bits per heavy atom. The SMILES string of the molecule is O=C(CSc1nnc(Nc2cccc(Br)c2)s1)Nc1cccc(F)c1. The Bertz CT molecular complexity index is 890. The smallest absolute Gasteiger partial charge is 0.234 e. The van der Waals surface area contributed by atoms with E-state index < -0.39 is 5.82 Å². The molecule has 1 aromatic heterocycles. The molecule has 0 radical (unpaired) electrons. The molecule has 1 heterocycles. The van der Waals surface area contributed by atoms with E-state index in [2.05, 4.69) is 36.8 Å². The average Bonchev–Trinajstić information content (AvgIpc) is 3.00. The molecule has 0 aliphatic carbocycles. The van der Waals surface area contributed by atoms with Gasteiger partial charge in [-0.2, -0.15) is 0 Å². The van der Waals surface area contributed by atoms with Crippen LogP contribution in [0.3, 0.4) is 0 Å². The predicted molar refractivity (Wildman–Crippen MR) is 103 cm³/mol. The third-order valence-corrected chi connectivity index (χ3v) is 5.38. The molecule has 0 atom stereocenters. The van der Waals surface area contributed by atoms with Gasteiger partial charge in [0.25, 0.3) is 0 Å². The molecular weight excluding hydrogens is 427 g/mol. The van der Waals surface area contributed by atoms with E-state index in [-0.39, 0.29) is 11.7 Å².